The molecule has 5 heteroatoms. The standard InChI is InChI=1S/C14H12Br2ClNO/c1-8(18)9-2-4-13(11(16)6-9)19-14-5-3-10(15)7-12(14)17/h2-8H,18H2,1H3. The number of benzene rings is 2. The van der Waals surface area contributed by atoms with E-state index < -0.39 is 0 Å². The van der Waals surface area contributed by atoms with Crippen molar-refractivity contribution in [3.05, 3.63) is 55.9 Å². The Kier molecular flexibility index (Phi) is 4.90. The van der Waals surface area contributed by atoms with E-state index in [-0.39, 0.29) is 6.04 Å². The molecule has 19 heavy (non-hydrogen) atoms. The molecule has 0 spiro atoms. The van der Waals surface area contributed by atoms with Crippen LogP contribution in [0.1, 0.15) is 18.5 Å². The van der Waals surface area contributed by atoms with E-state index in [9.17, 15) is 0 Å². The minimum Gasteiger partial charge on any atom is -0.455 e. The highest BCUT2D eigenvalue weighted by atomic mass is 79.9. The van der Waals surface area contributed by atoms with Crippen LogP contribution in [-0.4, -0.2) is 0 Å². The van der Waals surface area contributed by atoms with Gasteiger partial charge >= 0.3 is 0 Å². The number of hydrogen-bond donors (Lipinski definition) is 1. The highest BCUT2D eigenvalue weighted by Gasteiger charge is 2.09. The normalized spacial score (nSPS) is 12.3. The maximum absolute atomic E-state index is 6.12. The van der Waals surface area contributed by atoms with Crippen LogP contribution in [0.5, 0.6) is 11.5 Å². The molecule has 0 saturated heterocycles. The van der Waals surface area contributed by atoms with Crippen molar-refractivity contribution >= 4 is 43.5 Å². The van der Waals surface area contributed by atoms with Crippen LogP contribution in [0.2, 0.25) is 5.02 Å². The van der Waals surface area contributed by atoms with E-state index in [1.165, 1.54) is 0 Å². The summed E-state index contributed by atoms with van der Waals surface area (Å²) in [5, 5.41) is 0.553. The number of halogens is 3. The van der Waals surface area contributed by atoms with Gasteiger partial charge in [0.05, 0.1) is 9.50 Å². The first-order chi connectivity index (χ1) is 8.97. The lowest BCUT2D eigenvalue weighted by Crippen LogP contribution is -2.04. The number of nitrogens with two attached hydrogens (primary N) is 1. The summed E-state index contributed by atoms with van der Waals surface area (Å²) in [6.45, 7) is 1.94. The monoisotopic (exact) mass is 403 g/mol. The first-order valence-electron chi connectivity index (χ1n) is 5.65. The van der Waals surface area contributed by atoms with Crippen LogP contribution >= 0.6 is 43.5 Å². The molecule has 2 rings (SSSR count). The Morgan fingerprint density at radius 2 is 1.79 bits per heavy atom. The molecule has 0 amide bonds. The summed E-state index contributed by atoms with van der Waals surface area (Å²) in [7, 11) is 0. The fourth-order valence-corrected chi connectivity index (χ4v) is 2.75. The SMILES string of the molecule is CC(N)c1ccc(Oc2ccc(Br)cc2Cl)c(Br)c1. The summed E-state index contributed by atoms with van der Waals surface area (Å²) in [4.78, 5) is 0. The molecule has 100 valence electrons. The third-order valence-electron chi connectivity index (χ3n) is 2.60. The van der Waals surface area contributed by atoms with Crippen LogP contribution < -0.4 is 10.5 Å². The first kappa shape index (κ1) is 14.9. The molecule has 2 N–H and O–H groups in total. The zero-order valence-corrected chi connectivity index (χ0v) is 14.1. The van der Waals surface area contributed by atoms with Gasteiger partial charge in [0.1, 0.15) is 11.5 Å². The highest BCUT2D eigenvalue weighted by molar-refractivity contribution is 9.10. The predicted molar refractivity (Wildman–Crippen MR) is 86.0 cm³/mol. The van der Waals surface area contributed by atoms with Crippen molar-refractivity contribution in [1.29, 1.82) is 0 Å². The average Bonchev–Trinajstić information content (AvgIpc) is 2.34. The molecule has 0 aliphatic heterocycles. The second kappa shape index (κ2) is 6.27. The third kappa shape index (κ3) is 3.72. The zero-order valence-electron chi connectivity index (χ0n) is 10.2. The van der Waals surface area contributed by atoms with E-state index >= 15 is 0 Å². The predicted octanol–water partition coefficient (Wildman–Crippen LogP) is 5.68. The lowest BCUT2D eigenvalue weighted by Gasteiger charge is -2.12. The molecule has 1 atom stereocenters. The van der Waals surface area contributed by atoms with Crippen molar-refractivity contribution in [3.8, 4) is 11.5 Å². The van der Waals surface area contributed by atoms with Crippen molar-refractivity contribution in [1.82, 2.24) is 0 Å². The van der Waals surface area contributed by atoms with Gasteiger partial charge in [-0.15, -0.1) is 0 Å². The molecule has 2 aromatic rings. The smallest absolute Gasteiger partial charge is 0.146 e. The lowest BCUT2D eigenvalue weighted by molar-refractivity contribution is 0.479. The lowest BCUT2D eigenvalue weighted by atomic mass is 10.1. The molecule has 0 heterocycles. The van der Waals surface area contributed by atoms with Crippen LogP contribution in [0.25, 0.3) is 0 Å². The second-order valence-corrected chi connectivity index (χ2v) is 6.33. The molecule has 0 radical (unpaired) electrons. The number of rotatable bonds is 3. The van der Waals surface area contributed by atoms with Crippen molar-refractivity contribution < 1.29 is 4.74 Å². The van der Waals surface area contributed by atoms with Crippen molar-refractivity contribution in [3.63, 3.8) is 0 Å². The average molecular weight is 406 g/mol. The van der Waals surface area contributed by atoms with Crippen LogP contribution in [-0.2, 0) is 0 Å². The molecule has 0 aliphatic rings. The summed E-state index contributed by atoms with van der Waals surface area (Å²) < 4.78 is 7.55. The minimum atomic E-state index is -0.0124. The molecule has 0 aliphatic carbocycles. The Morgan fingerprint density at radius 3 is 2.37 bits per heavy atom. The van der Waals surface area contributed by atoms with E-state index in [4.69, 9.17) is 22.1 Å². The van der Waals surface area contributed by atoms with Crippen LogP contribution in [0, 0.1) is 0 Å². The fraction of sp³-hybridized carbons (Fsp3) is 0.143. The van der Waals surface area contributed by atoms with Crippen molar-refractivity contribution in [2.24, 2.45) is 5.73 Å². The van der Waals surface area contributed by atoms with Gasteiger partial charge in [0.25, 0.3) is 0 Å². The molecule has 2 nitrogen and oxygen atoms in total. The molecular formula is C14H12Br2ClNO. The minimum absolute atomic E-state index is 0.0124. The number of hydrogen-bond acceptors (Lipinski definition) is 2. The molecular weight excluding hydrogens is 393 g/mol. The van der Waals surface area contributed by atoms with Gasteiger partial charge in [-0.25, -0.2) is 0 Å². The quantitative estimate of drug-likeness (QED) is 0.713. The van der Waals surface area contributed by atoms with Gasteiger partial charge in [0.2, 0.25) is 0 Å². The van der Waals surface area contributed by atoms with Crippen LogP contribution in [0.3, 0.4) is 0 Å². The maximum atomic E-state index is 6.12. The van der Waals surface area contributed by atoms with Crippen molar-refractivity contribution in [2.45, 2.75) is 13.0 Å². The molecule has 2 aromatic carbocycles. The van der Waals surface area contributed by atoms with E-state index in [0.29, 0.717) is 16.5 Å². The van der Waals surface area contributed by atoms with E-state index in [1.807, 2.05) is 37.3 Å². The van der Waals surface area contributed by atoms with E-state index in [2.05, 4.69) is 31.9 Å². The van der Waals surface area contributed by atoms with Gasteiger partial charge in [-0.2, -0.15) is 0 Å². The third-order valence-corrected chi connectivity index (χ3v) is 4.00. The Labute approximate surface area is 134 Å². The Morgan fingerprint density at radius 1 is 1.11 bits per heavy atom. The summed E-state index contributed by atoms with van der Waals surface area (Å²) in [5.41, 5.74) is 6.88. The number of ether oxygens (including phenoxy) is 1. The fourth-order valence-electron chi connectivity index (χ4n) is 1.56. The summed E-state index contributed by atoms with van der Waals surface area (Å²) in [6.07, 6.45) is 0. The Hall–Kier alpha value is -0.550. The molecule has 0 aromatic heterocycles. The van der Waals surface area contributed by atoms with Gasteiger partial charge < -0.3 is 10.5 Å². The summed E-state index contributed by atoms with van der Waals surface area (Å²) in [5.74, 6) is 1.31. The van der Waals surface area contributed by atoms with Gasteiger partial charge in [0, 0.05) is 10.5 Å². The summed E-state index contributed by atoms with van der Waals surface area (Å²) >= 11 is 13.0. The molecule has 1 unspecified atom stereocenters. The van der Waals surface area contributed by atoms with Crippen molar-refractivity contribution in [2.75, 3.05) is 0 Å². The zero-order chi connectivity index (χ0) is 14.0. The van der Waals surface area contributed by atoms with E-state index in [1.54, 1.807) is 6.07 Å². The summed E-state index contributed by atoms with van der Waals surface area (Å²) in [6, 6.07) is 11.2. The van der Waals surface area contributed by atoms with Crippen LogP contribution in [0.4, 0.5) is 0 Å². The topological polar surface area (TPSA) is 35.2 Å². The van der Waals surface area contributed by atoms with Crippen LogP contribution in [0.15, 0.2) is 45.3 Å². The highest BCUT2D eigenvalue weighted by Crippen LogP contribution is 2.35. The Balaban J connectivity index is 2.28. The van der Waals surface area contributed by atoms with E-state index in [0.717, 1.165) is 14.5 Å². The van der Waals surface area contributed by atoms with Gasteiger partial charge in [0.15, 0.2) is 0 Å². The second-order valence-electron chi connectivity index (χ2n) is 4.16. The molecule has 0 fully saturated rings. The van der Waals surface area contributed by atoms with Gasteiger partial charge in [-0.05, 0) is 58.7 Å². The molecule has 0 saturated carbocycles. The first-order valence-corrected chi connectivity index (χ1v) is 7.61. The largest absolute Gasteiger partial charge is 0.455 e. The maximum Gasteiger partial charge on any atom is 0.146 e. The van der Waals surface area contributed by atoms with Gasteiger partial charge in [-0.1, -0.05) is 33.6 Å². The Bertz CT molecular complexity index is 602. The van der Waals surface area contributed by atoms with Gasteiger partial charge in [-0.3, -0.25) is 0 Å². The molecule has 0 bridgehead atoms.